The number of nitrogens with zero attached hydrogens (tertiary/aromatic N) is 3. The second-order valence-electron chi connectivity index (χ2n) is 7.46. The molecule has 2 aromatic carbocycles. The number of nitrogens with one attached hydrogen (secondary N) is 1. The molecule has 0 unspecified atom stereocenters. The van der Waals surface area contributed by atoms with E-state index in [-0.39, 0.29) is 6.03 Å². The van der Waals surface area contributed by atoms with Crippen LogP contribution in [0.25, 0.3) is 0 Å². The maximum Gasteiger partial charge on any atom is 0.317 e. The molecule has 1 saturated heterocycles. The minimum absolute atomic E-state index is 0.0374. The lowest BCUT2D eigenvalue weighted by molar-refractivity contribution is 0.122. The lowest BCUT2D eigenvalue weighted by Gasteiger charge is -2.29. The molecule has 3 rings (SSSR count). The van der Waals surface area contributed by atoms with Crippen LogP contribution in [0.4, 0.5) is 16.2 Å². The van der Waals surface area contributed by atoms with Gasteiger partial charge in [-0.3, -0.25) is 0 Å². The van der Waals surface area contributed by atoms with Gasteiger partial charge in [0.15, 0.2) is 0 Å². The van der Waals surface area contributed by atoms with Gasteiger partial charge in [0.1, 0.15) is 0 Å². The number of amides is 2. The molecule has 0 aliphatic carbocycles. The number of hydrogen-bond acceptors (Lipinski definition) is 4. The van der Waals surface area contributed by atoms with E-state index in [1.54, 1.807) is 4.90 Å². The molecule has 0 spiro atoms. The highest BCUT2D eigenvalue weighted by atomic mass is 16.5. The van der Waals surface area contributed by atoms with Crippen molar-refractivity contribution in [3.63, 3.8) is 0 Å². The summed E-state index contributed by atoms with van der Waals surface area (Å²) < 4.78 is 5.40. The van der Waals surface area contributed by atoms with Gasteiger partial charge in [0.2, 0.25) is 0 Å². The number of para-hydroxylation sites is 1. The first-order valence-corrected chi connectivity index (χ1v) is 10.3. The van der Waals surface area contributed by atoms with Gasteiger partial charge in [-0.25, -0.2) is 4.79 Å². The number of hydrogen-bond donors (Lipinski definition) is 1. The molecule has 0 radical (unpaired) electrons. The lowest BCUT2D eigenvalue weighted by Crippen LogP contribution is -2.38. The zero-order valence-electron chi connectivity index (χ0n) is 17.5. The van der Waals surface area contributed by atoms with Crippen molar-refractivity contribution in [1.29, 1.82) is 0 Å². The van der Waals surface area contributed by atoms with Crippen molar-refractivity contribution in [1.82, 2.24) is 10.2 Å². The number of anilines is 2. The van der Waals surface area contributed by atoms with E-state index in [2.05, 4.69) is 58.6 Å². The molecule has 0 atom stereocenters. The molecular weight excluding hydrogens is 364 g/mol. The van der Waals surface area contributed by atoms with Crippen molar-refractivity contribution in [3.05, 3.63) is 60.2 Å². The lowest BCUT2D eigenvalue weighted by atomic mass is 10.2. The number of ether oxygens (including phenoxy) is 1. The van der Waals surface area contributed by atoms with Gasteiger partial charge < -0.3 is 24.8 Å². The van der Waals surface area contributed by atoms with Crippen LogP contribution in [0.2, 0.25) is 0 Å². The highest BCUT2D eigenvalue weighted by Gasteiger charge is 2.12. The Morgan fingerprint density at radius 3 is 2.41 bits per heavy atom. The van der Waals surface area contributed by atoms with Crippen molar-refractivity contribution in [2.24, 2.45) is 0 Å². The number of urea groups is 1. The van der Waals surface area contributed by atoms with Gasteiger partial charge in [0.25, 0.3) is 0 Å². The molecule has 1 fully saturated rings. The Balaban J connectivity index is 1.37. The maximum absolute atomic E-state index is 12.4. The molecule has 1 heterocycles. The van der Waals surface area contributed by atoms with Crippen LogP contribution in [0.15, 0.2) is 54.6 Å². The van der Waals surface area contributed by atoms with Crippen LogP contribution in [0, 0.1) is 0 Å². The van der Waals surface area contributed by atoms with Crippen molar-refractivity contribution < 1.29 is 9.53 Å². The molecule has 0 bridgehead atoms. The van der Waals surface area contributed by atoms with E-state index in [4.69, 9.17) is 4.74 Å². The highest BCUT2D eigenvalue weighted by Crippen LogP contribution is 2.17. The maximum atomic E-state index is 12.4. The zero-order valence-corrected chi connectivity index (χ0v) is 17.5. The van der Waals surface area contributed by atoms with E-state index in [0.29, 0.717) is 13.1 Å². The Hall–Kier alpha value is -2.73. The Morgan fingerprint density at radius 1 is 1.03 bits per heavy atom. The van der Waals surface area contributed by atoms with E-state index in [9.17, 15) is 4.79 Å². The number of rotatable bonds is 8. The summed E-state index contributed by atoms with van der Waals surface area (Å²) >= 11 is 0. The zero-order chi connectivity index (χ0) is 20.5. The molecule has 29 heavy (non-hydrogen) atoms. The monoisotopic (exact) mass is 396 g/mol. The van der Waals surface area contributed by atoms with E-state index in [1.165, 1.54) is 11.4 Å². The fourth-order valence-corrected chi connectivity index (χ4v) is 3.44. The Kier molecular flexibility index (Phi) is 7.76. The molecular formula is C23H32N4O2. The van der Waals surface area contributed by atoms with Gasteiger partial charge in [-0.05, 0) is 36.2 Å². The third kappa shape index (κ3) is 6.39. The minimum Gasteiger partial charge on any atom is -0.378 e. The molecule has 1 aliphatic heterocycles. The normalized spacial score (nSPS) is 13.8. The van der Waals surface area contributed by atoms with E-state index in [1.807, 2.05) is 25.2 Å². The van der Waals surface area contributed by atoms with Crippen molar-refractivity contribution >= 4 is 17.4 Å². The third-order valence-electron chi connectivity index (χ3n) is 5.22. The smallest absolute Gasteiger partial charge is 0.317 e. The quantitative estimate of drug-likeness (QED) is 0.696. The summed E-state index contributed by atoms with van der Waals surface area (Å²) in [5.41, 5.74) is 3.53. The van der Waals surface area contributed by atoms with E-state index < -0.39 is 0 Å². The highest BCUT2D eigenvalue weighted by molar-refractivity contribution is 5.73. The summed E-state index contributed by atoms with van der Waals surface area (Å²) in [7, 11) is 3.91. The largest absolute Gasteiger partial charge is 0.378 e. The first-order chi connectivity index (χ1) is 14.1. The minimum atomic E-state index is -0.0374. The van der Waals surface area contributed by atoms with Crippen LogP contribution in [0.1, 0.15) is 12.0 Å². The third-order valence-corrected chi connectivity index (χ3v) is 5.22. The topological polar surface area (TPSA) is 48.1 Å². The number of carbonyl (C=O) groups is 1. The standard InChI is InChI=1S/C23H32N4O2/c1-25(21-7-4-3-5-8-21)14-6-13-24-23(28)26(2)19-20-9-11-22(12-10-20)27-15-17-29-18-16-27/h3-5,7-12H,6,13-19H2,1-2H3,(H,24,28). The first kappa shape index (κ1) is 21.0. The number of carbonyl (C=O) groups excluding carboxylic acids is 1. The van der Waals surface area contributed by atoms with Crippen molar-refractivity contribution in [2.75, 3.05) is 63.3 Å². The van der Waals surface area contributed by atoms with Gasteiger partial charge in [-0.1, -0.05) is 30.3 Å². The molecule has 2 aromatic rings. The van der Waals surface area contributed by atoms with Gasteiger partial charge >= 0.3 is 6.03 Å². The summed E-state index contributed by atoms with van der Waals surface area (Å²) in [5.74, 6) is 0. The Labute approximate surface area is 174 Å². The average molecular weight is 397 g/mol. The van der Waals surface area contributed by atoms with Gasteiger partial charge in [0, 0.05) is 58.2 Å². The van der Waals surface area contributed by atoms with Crippen LogP contribution in [-0.4, -0.2) is 64.4 Å². The fourth-order valence-electron chi connectivity index (χ4n) is 3.44. The molecule has 1 N–H and O–H groups in total. The first-order valence-electron chi connectivity index (χ1n) is 10.3. The van der Waals surface area contributed by atoms with Gasteiger partial charge in [0.05, 0.1) is 13.2 Å². The van der Waals surface area contributed by atoms with E-state index >= 15 is 0 Å². The SMILES string of the molecule is CN(Cc1ccc(N2CCOCC2)cc1)C(=O)NCCCN(C)c1ccccc1. The predicted molar refractivity (Wildman–Crippen MR) is 119 cm³/mol. The van der Waals surface area contributed by atoms with Crippen LogP contribution < -0.4 is 15.1 Å². The van der Waals surface area contributed by atoms with Crippen LogP contribution >= 0.6 is 0 Å². The van der Waals surface area contributed by atoms with E-state index in [0.717, 1.165) is 44.8 Å². The van der Waals surface area contributed by atoms with Crippen LogP contribution in [-0.2, 0) is 11.3 Å². The Bertz CT molecular complexity index is 745. The summed E-state index contributed by atoms with van der Waals surface area (Å²) in [4.78, 5) is 18.6. The number of benzene rings is 2. The predicted octanol–water partition coefficient (Wildman–Crippen LogP) is 3.19. The second kappa shape index (κ2) is 10.7. The second-order valence-corrected chi connectivity index (χ2v) is 7.46. The summed E-state index contributed by atoms with van der Waals surface area (Å²) in [6.45, 7) is 5.59. The van der Waals surface area contributed by atoms with Crippen LogP contribution in [0.5, 0.6) is 0 Å². The molecule has 1 aliphatic rings. The molecule has 6 heteroatoms. The summed E-state index contributed by atoms with van der Waals surface area (Å²) in [5, 5.41) is 3.01. The molecule has 0 aromatic heterocycles. The van der Waals surface area contributed by atoms with Crippen molar-refractivity contribution in [3.8, 4) is 0 Å². The molecule has 6 nitrogen and oxygen atoms in total. The fraction of sp³-hybridized carbons (Fsp3) is 0.435. The molecule has 0 saturated carbocycles. The molecule has 156 valence electrons. The van der Waals surface area contributed by atoms with Crippen LogP contribution in [0.3, 0.4) is 0 Å². The van der Waals surface area contributed by atoms with Crippen molar-refractivity contribution in [2.45, 2.75) is 13.0 Å². The summed E-state index contributed by atoms with van der Waals surface area (Å²) in [6, 6.07) is 18.7. The average Bonchev–Trinajstić information content (AvgIpc) is 2.78. The Morgan fingerprint density at radius 2 is 1.72 bits per heavy atom. The number of morpholine rings is 1. The van der Waals surface area contributed by atoms with Gasteiger partial charge in [-0.2, -0.15) is 0 Å². The summed E-state index contributed by atoms with van der Waals surface area (Å²) in [6.07, 6.45) is 0.902. The van der Waals surface area contributed by atoms with Gasteiger partial charge in [-0.15, -0.1) is 0 Å². The molecule has 2 amide bonds.